The first-order chi connectivity index (χ1) is 9.47. The molecule has 1 aliphatic carbocycles. The maximum absolute atomic E-state index is 12.3. The van der Waals surface area contributed by atoms with Crippen molar-refractivity contribution in [2.24, 2.45) is 17.8 Å². The Balaban J connectivity index is 2.08. The van der Waals surface area contributed by atoms with Crippen molar-refractivity contribution in [1.82, 2.24) is 0 Å². The highest BCUT2D eigenvalue weighted by atomic mass is 79.9. The molecule has 1 aromatic carbocycles. The van der Waals surface area contributed by atoms with Gasteiger partial charge in [-0.15, -0.1) is 0 Å². The molecule has 0 bridgehead atoms. The van der Waals surface area contributed by atoms with Gasteiger partial charge >= 0.3 is 5.97 Å². The van der Waals surface area contributed by atoms with Crippen LogP contribution in [0.25, 0.3) is 0 Å². The van der Waals surface area contributed by atoms with Crippen molar-refractivity contribution >= 4 is 21.9 Å². The SMILES string of the molecule is CC1CCC(C(C)C)C(OC(=O)c2cccc(Br)c2)C1. The van der Waals surface area contributed by atoms with Crippen molar-refractivity contribution in [1.29, 1.82) is 0 Å². The number of carbonyl (C=O) groups excluding carboxylic acids is 1. The fourth-order valence-corrected chi connectivity index (χ4v) is 3.47. The molecule has 3 atom stereocenters. The van der Waals surface area contributed by atoms with Crippen molar-refractivity contribution in [2.75, 3.05) is 0 Å². The summed E-state index contributed by atoms with van der Waals surface area (Å²) >= 11 is 3.39. The van der Waals surface area contributed by atoms with E-state index in [1.807, 2.05) is 24.3 Å². The molecular formula is C17H23BrO2. The Bertz CT molecular complexity index is 470. The highest BCUT2D eigenvalue weighted by Crippen LogP contribution is 2.35. The van der Waals surface area contributed by atoms with Crippen LogP contribution in [0.3, 0.4) is 0 Å². The lowest BCUT2D eigenvalue weighted by Crippen LogP contribution is -2.35. The summed E-state index contributed by atoms with van der Waals surface area (Å²) in [5, 5.41) is 0. The zero-order valence-corrected chi connectivity index (χ0v) is 14.0. The maximum Gasteiger partial charge on any atom is 0.338 e. The Morgan fingerprint density at radius 1 is 1.35 bits per heavy atom. The fourth-order valence-electron chi connectivity index (χ4n) is 3.07. The third kappa shape index (κ3) is 3.85. The van der Waals surface area contributed by atoms with Gasteiger partial charge in [-0.25, -0.2) is 4.79 Å². The Labute approximate surface area is 130 Å². The van der Waals surface area contributed by atoms with E-state index in [-0.39, 0.29) is 12.1 Å². The van der Waals surface area contributed by atoms with Crippen LogP contribution in [0.2, 0.25) is 0 Å². The van der Waals surface area contributed by atoms with Gasteiger partial charge in [0, 0.05) is 4.47 Å². The van der Waals surface area contributed by atoms with Crippen molar-refractivity contribution in [3.05, 3.63) is 34.3 Å². The van der Waals surface area contributed by atoms with Crippen LogP contribution in [-0.4, -0.2) is 12.1 Å². The second-order valence-electron chi connectivity index (χ2n) is 6.28. The Morgan fingerprint density at radius 2 is 2.10 bits per heavy atom. The van der Waals surface area contributed by atoms with Crippen LogP contribution in [0.4, 0.5) is 0 Å². The third-order valence-electron chi connectivity index (χ3n) is 4.28. The summed E-state index contributed by atoms with van der Waals surface area (Å²) in [4.78, 5) is 12.3. The minimum absolute atomic E-state index is 0.0604. The molecule has 0 aliphatic heterocycles. The highest BCUT2D eigenvalue weighted by Gasteiger charge is 2.33. The first kappa shape index (κ1) is 15.6. The first-order valence-corrected chi connectivity index (χ1v) is 8.23. The van der Waals surface area contributed by atoms with Crippen LogP contribution in [0.5, 0.6) is 0 Å². The molecule has 2 nitrogen and oxygen atoms in total. The molecule has 3 unspecified atom stereocenters. The standard InChI is InChI=1S/C17H23BrO2/c1-11(2)15-8-7-12(3)9-16(15)20-17(19)13-5-4-6-14(18)10-13/h4-6,10-12,15-16H,7-9H2,1-3H3. The predicted molar refractivity (Wildman–Crippen MR) is 84.7 cm³/mol. The molecule has 1 aliphatic rings. The van der Waals surface area contributed by atoms with E-state index in [9.17, 15) is 4.79 Å². The van der Waals surface area contributed by atoms with Gasteiger partial charge in [0.25, 0.3) is 0 Å². The molecule has 3 heteroatoms. The number of carbonyl (C=O) groups is 1. The van der Waals surface area contributed by atoms with Crippen molar-refractivity contribution in [3.63, 3.8) is 0 Å². The largest absolute Gasteiger partial charge is 0.458 e. The smallest absolute Gasteiger partial charge is 0.338 e. The predicted octanol–water partition coefficient (Wildman–Crippen LogP) is 5.07. The van der Waals surface area contributed by atoms with E-state index in [0.29, 0.717) is 23.3 Å². The van der Waals surface area contributed by atoms with Crippen molar-refractivity contribution in [3.8, 4) is 0 Å². The van der Waals surface area contributed by atoms with Crippen LogP contribution in [0.1, 0.15) is 50.4 Å². The number of hydrogen-bond donors (Lipinski definition) is 0. The summed E-state index contributed by atoms with van der Waals surface area (Å²) in [6, 6.07) is 7.41. The summed E-state index contributed by atoms with van der Waals surface area (Å²) in [5.41, 5.74) is 0.625. The van der Waals surface area contributed by atoms with E-state index < -0.39 is 0 Å². The van der Waals surface area contributed by atoms with Gasteiger partial charge in [-0.1, -0.05) is 49.2 Å². The molecule has 1 fully saturated rings. The van der Waals surface area contributed by atoms with Gasteiger partial charge in [-0.3, -0.25) is 0 Å². The molecule has 1 saturated carbocycles. The van der Waals surface area contributed by atoms with E-state index in [2.05, 4.69) is 36.7 Å². The second-order valence-corrected chi connectivity index (χ2v) is 7.20. The van der Waals surface area contributed by atoms with Crippen LogP contribution in [0, 0.1) is 17.8 Å². The van der Waals surface area contributed by atoms with E-state index >= 15 is 0 Å². The van der Waals surface area contributed by atoms with E-state index in [1.54, 1.807) is 0 Å². The number of benzene rings is 1. The molecule has 0 radical (unpaired) electrons. The summed E-state index contributed by atoms with van der Waals surface area (Å²) in [5.74, 6) is 1.49. The van der Waals surface area contributed by atoms with Gasteiger partial charge in [0.15, 0.2) is 0 Å². The lowest BCUT2D eigenvalue weighted by atomic mass is 9.75. The van der Waals surface area contributed by atoms with Gasteiger partial charge < -0.3 is 4.74 Å². The number of esters is 1. The second kappa shape index (κ2) is 6.75. The zero-order chi connectivity index (χ0) is 14.7. The number of rotatable bonds is 3. The van der Waals surface area contributed by atoms with Crippen molar-refractivity contribution < 1.29 is 9.53 Å². The summed E-state index contributed by atoms with van der Waals surface area (Å²) in [6.45, 7) is 6.69. The normalized spacial score (nSPS) is 26.6. The molecule has 0 N–H and O–H groups in total. The molecular weight excluding hydrogens is 316 g/mol. The Kier molecular flexibility index (Phi) is 5.25. The molecule has 0 saturated heterocycles. The Hall–Kier alpha value is -0.830. The average molecular weight is 339 g/mol. The van der Waals surface area contributed by atoms with E-state index in [4.69, 9.17) is 4.74 Å². The van der Waals surface area contributed by atoms with Crippen LogP contribution in [0.15, 0.2) is 28.7 Å². The summed E-state index contributed by atoms with van der Waals surface area (Å²) < 4.78 is 6.72. The van der Waals surface area contributed by atoms with Gasteiger partial charge in [-0.2, -0.15) is 0 Å². The van der Waals surface area contributed by atoms with E-state index in [1.165, 1.54) is 6.42 Å². The number of ether oxygens (including phenoxy) is 1. The lowest BCUT2D eigenvalue weighted by Gasteiger charge is -2.36. The van der Waals surface area contributed by atoms with Gasteiger partial charge in [0.1, 0.15) is 6.10 Å². The first-order valence-electron chi connectivity index (χ1n) is 7.44. The highest BCUT2D eigenvalue weighted by molar-refractivity contribution is 9.10. The quantitative estimate of drug-likeness (QED) is 0.719. The molecule has 110 valence electrons. The summed E-state index contributed by atoms with van der Waals surface area (Å²) in [6.07, 6.45) is 3.45. The van der Waals surface area contributed by atoms with Crippen LogP contribution >= 0.6 is 15.9 Å². The minimum Gasteiger partial charge on any atom is -0.458 e. The Morgan fingerprint density at radius 3 is 2.75 bits per heavy atom. The van der Waals surface area contributed by atoms with Gasteiger partial charge in [0.05, 0.1) is 5.56 Å². The van der Waals surface area contributed by atoms with E-state index in [0.717, 1.165) is 17.3 Å². The minimum atomic E-state index is -0.198. The van der Waals surface area contributed by atoms with Gasteiger partial charge in [0.2, 0.25) is 0 Å². The molecule has 0 spiro atoms. The third-order valence-corrected chi connectivity index (χ3v) is 4.77. The molecule has 0 amide bonds. The molecule has 1 aromatic rings. The molecule has 20 heavy (non-hydrogen) atoms. The number of hydrogen-bond acceptors (Lipinski definition) is 2. The maximum atomic E-state index is 12.3. The topological polar surface area (TPSA) is 26.3 Å². The number of halogens is 1. The monoisotopic (exact) mass is 338 g/mol. The zero-order valence-electron chi connectivity index (χ0n) is 12.4. The molecule has 2 rings (SSSR count). The van der Waals surface area contributed by atoms with Gasteiger partial charge in [-0.05, 0) is 48.8 Å². The van der Waals surface area contributed by atoms with Crippen LogP contribution < -0.4 is 0 Å². The average Bonchev–Trinajstić information content (AvgIpc) is 2.38. The van der Waals surface area contributed by atoms with Crippen molar-refractivity contribution in [2.45, 2.75) is 46.1 Å². The van der Waals surface area contributed by atoms with Crippen LogP contribution in [-0.2, 0) is 4.74 Å². The summed E-state index contributed by atoms with van der Waals surface area (Å²) in [7, 11) is 0. The fraction of sp³-hybridized carbons (Fsp3) is 0.588. The molecule has 0 aromatic heterocycles. The lowest BCUT2D eigenvalue weighted by molar-refractivity contribution is -0.0174. The molecule has 0 heterocycles.